The maximum atomic E-state index is 12.5. The quantitative estimate of drug-likeness (QED) is 0.385. The van der Waals surface area contributed by atoms with E-state index in [-0.39, 0.29) is 36.4 Å². The van der Waals surface area contributed by atoms with Crippen LogP contribution in [0.15, 0.2) is 33.3 Å². The molecule has 136 valence electrons. The fourth-order valence-electron chi connectivity index (χ4n) is 2.63. The second-order valence-electron chi connectivity index (χ2n) is 5.61. The first-order valence-corrected chi connectivity index (χ1v) is 9.94. The average molecular weight is 490 g/mol. The van der Waals surface area contributed by atoms with E-state index in [0.29, 0.717) is 12.5 Å². The lowest BCUT2D eigenvalue weighted by Crippen LogP contribution is -2.45. The number of rotatable bonds is 5. The molecule has 0 unspecified atom stereocenters. The van der Waals surface area contributed by atoms with Gasteiger partial charge in [-0.05, 0) is 52.7 Å². The standard InChI is InChI=1S/C17H22N4OS2.HI/c1-2-18-17(19-9-13-4-7-23-12-13)20-10-16(22)21-6-3-15-14(11-21)5-8-24-15;/h4-5,7-8,12H,2-3,6,9-11H2,1H3,(H2,18,19,20);1H. The molecule has 0 saturated heterocycles. The summed E-state index contributed by atoms with van der Waals surface area (Å²) in [6.07, 6.45) is 0.963. The van der Waals surface area contributed by atoms with Crippen LogP contribution in [0, 0.1) is 0 Å². The van der Waals surface area contributed by atoms with Crippen molar-refractivity contribution in [1.29, 1.82) is 0 Å². The molecule has 0 atom stereocenters. The van der Waals surface area contributed by atoms with Gasteiger partial charge >= 0.3 is 0 Å². The normalized spacial score (nSPS) is 13.8. The fourth-order valence-corrected chi connectivity index (χ4v) is 4.18. The van der Waals surface area contributed by atoms with Crippen LogP contribution in [-0.2, 0) is 24.3 Å². The first kappa shape index (κ1) is 20.2. The third-order valence-electron chi connectivity index (χ3n) is 3.91. The summed E-state index contributed by atoms with van der Waals surface area (Å²) >= 11 is 3.45. The topological polar surface area (TPSA) is 56.7 Å². The van der Waals surface area contributed by atoms with Crippen molar-refractivity contribution < 1.29 is 4.79 Å². The van der Waals surface area contributed by atoms with E-state index in [4.69, 9.17) is 0 Å². The number of nitrogens with zero attached hydrogens (tertiary/aromatic N) is 2. The summed E-state index contributed by atoms with van der Waals surface area (Å²) < 4.78 is 0. The second kappa shape index (κ2) is 10.1. The molecule has 1 amide bonds. The summed E-state index contributed by atoms with van der Waals surface area (Å²) in [6.45, 7) is 5.21. The van der Waals surface area contributed by atoms with E-state index in [0.717, 1.165) is 26.1 Å². The zero-order valence-corrected chi connectivity index (χ0v) is 18.1. The molecule has 0 fully saturated rings. The Kier molecular flexibility index (Phi) is 8.17. The molecule has 3 heterocycles. The van der Waals surface area contributed by atoms with Crippen LogP contribution in [0.1, 0.15) is 22.9 Å². The van der Waals surface area contributed by atoms with Crippen molar-refractivity contribution in [2.45, 2.75) is 26.4 Å². The summed E-state index contributed by atoms with van der Waals surface area (Å²) in [5, 5.41) is 12.6. The Labute approximate surface area is 173 Å². The van der Waals surface area contributed by atoms with E-state index in [2.05, 4.69) is 38.5 Å². The van der Waals surface area contributed by atoms with Crippen molar-refractivity contribution in [3.63, 3.8) is 0 Å². The summed E-state index contributed by atoms with van der Waals surface area (Å²) in [7, 11) is 0. The predicted molar refractivity (Wildman–Crippen MR) is 116 cm³/mol. The molecule has 0 saturated carbocycles. The van der Waals surface area contributed by atoms with Crippen molar-refractivity contribution in [2.75, 3.05) is 19.6 Å². The number of carbonyl (C=O) groups is 1. The third-order valence-corrected chi connectivity index (χ3v) is 5.67. The zero-order chi connectivity index (χ0) is 16.8. The van der Waals surface area contributed by atoms with Gasteiger partial charge in [-0.3, -0.25) is 4.79 Å². The van der Waals surface area contributed by atoms with Gasteiger partial charge in [-0.25, -0.2) is 4.99 Å². The van der Waals surface area contributed by atoms with Crippen molar-refractivity contribution in [1.82, 2.24) is 15.5 Å². The molecule has 1 aliphatic heterocycles. The third kappa shape index (κ3) is 5.68. The number of thiophene rings is 2. The number of halogens is 1. The largest absolute Gasteiger partial charge is 0.357 e. The number of hydrogen-bond donors (Lipinski definition) is 2. The summed E-state index contributed by atoms with van der Waals surface area (Å²) in [4.78, 5) is 20.3. The average Bonchev–Trinajstić information content (AvgIpc) is 3.27. The molecule has 3 rings (SSSR count). The lowest BCUT2D eigenvalue weighted by atomic mass is 10.1. The molecule has 2 aromatic rings. The monoisotopic (exact) mass is 490 g/mol. The number of guanidine groups is 1. The van der Waals surface area contributed by atoms with Gasteiger partial charge in [0.25, 0.3) is 0 Å². The van der Waals surface area contributed by atoms with E-state index in [1.54, 1.807) is 22.7 Å². The second-order valence-corrected chi connectivity index (χ2v) is 7.40. The molecule has 1 aliphatic rings. The minimum atomic E-state index is 0. The Balaban J connectivity index is 0.00000225. The van der Waals surface area contributed by atoms with Crippen molar-refractivity contribution in [3.05, 3.63) is 44.3 Å². The SMILES string of the molecule is CCNC(=NCc1ccsc1)NCC(=O)N1CCc2sccc2C1.I. The van der Waals surface area contributed by atoms with Crippen LogP contribution in [0.25, 0.3) is 0 Å². The van der Waals surface area contributed by atoms with E-state index in [1.165, 1.54) is 16.0 Å². The first-order chi connectivity index (χ1) is 11.8. The maximum absolute atomic E-state index is 12.5. The Hall–Kier alpha value is -1.13. The number of amides is 1. The van der Waals surface area contributed by atoms with Gasteiger partial charge in [0.2, 0.25) is 5.91 Å². The molecule has 0 radical (unpaired) electrons. The van der Waals surface area contributed by atoms with Gasteiger partial charge in [-0.2, -0.15) is 11.3 Å². The van der Waals surface area contributed by atoms with Crippen LogP contribution in [-0.4, -0.2) is 36.4 Å². The van der Waals surface area contributed by atoms with E-state index in [9.17, 15) is 4.79 Å². The molecule has 25 heavy (non-hydrogen) atoms. The number of aliphatic imine (C=N–C) groups is 1. The van der Waals surface area contributed by atoms with Crippen LogP contribution < -0.4 is 10.6 Å². The Morgan fingerprint density at radius 3 is 2.96 bits per heavy atom. The molecule has 5 nitrogen and oxygen atoms in total. The molecular weight excluding hydrogens is 467 g/mol. The van der Waals surface area contributed by atoms with Crippen molar-refractivity contribution in [2.24, 2.45) is 4.99 Å². The highest BCUT2D eigenvalue weighted by molar-refractivity contribution is 14.0. The number of nitrogens with one attached hydrogen (secondary N) is 2. The first-order valence-electron chi connectivity index (χ1n) is 8.12. The molecular formula is C17H23IN4OS2. The molecule has 2 N–H and O–H groups in total. The molecule has 0 aromatic carbocycles. The lowest BCUT2D eigenvalue weighted by molar-refractivity contribution is -0.130. The van der Waals surface area contributed by atoms with Gasteiger partial charge in [-0.15, -0.1) is 35.3 Å². The Morgan fingerprint density at radius 2 is 2.20 bits per heavy atom. The van der Waals surface area contributed by atoms with Gasteiger partial charge in [0, 0.05) is 24.5 Å². The van der Waals surface area contributed by atoms with Crippen LogP contribution in [0.4, 0.5) is 0 Å². The fraction of sp³-hybridized carbons (Fsp3) is 0.412. The molecule has 0 bridgehead atoms. The highest BCUT2D eigenvalue weighted by atomic mass is 127. The van der Waals surface area contributed by atoms with Gasteiger partial charge in [0.1, 0.15) is 0 Å². The lowest BCUT2D eigenvalue weighted by Gasteiger charge is -2.27. The zero-order valence-electron chi connectivity index (χ0n) is 14.2. The molecule has 8 heteroatoms. The van der Waals surface area contributed by atoms with E-state index < -0.39 is 0 Å². The summed E-state index contributed by atoms with van der Waals surface area (Å²) in [5.41, 5.74) is 2.47. The number of carbonyl (C=O) groups excluding carboxylic acids is 1. The van der Waals surface area contributed by atoms with Gasteiger partial charge in [0.05, 0.1) is 13.1 Å². The molecule has 2 aromatic heterocycles. The molecule has 0 spiro atoms. The number of fused-ring (bicyclic) bond motifs is 1. The highest BCUT2D eigenvalue weighted by Gasteiger charge is 2.21. The van der Waals surface area contributed by atoms with Crippen LogP contribution in [0.5, 0.6) is 0 Å². The van der Waals surface area contributed by atoms with E-state index in [1.807, 2.05) is 17.2 Å². The smallest absolute Gasteiger partial charge is 0.242 e. The van der Waals surface area contributed by atoms with Gasteiger partial charge < -0.3 is 15.5 Å². The van der Waals surface area contributed by atoms with Gasteiger partial charge in [-0.1, -0.05) is 0 Å². The molecule has 0 aliphatic carbocycles. The Bertz CT molecular complexity index is 699. The van der Waals surface area contributed by atoms with Crippen molar-refractivity contribution in [3.8, 4) is 0 Å². The van der Waals surface area contributed by atoms with E-state index >= 15 is 0 Å². The minimum Gasteiger partial charge on any atom is -0.357 e. The number of hydrogen-bond acceptors (Lipinski definition) is 4. The van der Waals surface area contributed by atoms with Crippen LogP contribution >= 0.6 is 46.7 Å². The summed E-state index contributed by atoms with van der Waals surface area (Å²) in [6, 6.07) is 4.19. The maximum Gasteiger partial charge on any atom is 0.242 e. The highest BCUT2D eigenvalue weighted by Crippen LogP contribution is 2.23. The van der Waals surface area contributed by atoms with Crippen molar-refractivity contribution >= 4 is 58.5 Å². The minimum absolute atomic E-state index is 0. The predicted octanol–water partition coefficient (Wildman–Crippen LogP) is 3.07. The van der Waals surface area contributed by atoms with Crippen LogP contribution in [0.3, 0.4) is 0 Å². The van der Waals surface area contributed by atoms with Gasteiger partial charge in [0.15, 0.2) is 5.96 Å². The van der Waals surface area contributed by atoms with Crippen LogP contribution in [0.2, 0.25) is 0 Å². The summed E-state index contributed by atoms with van der Waals surface area (Å²) in [5.74, 6) is 0.804. The Morgan fingerprint density at radius 1 is 1.32 bits per heavy atom.